The Morgan fingerprint density at radius 1 is 1.07 bits per heavy atom. The summed E-state index contributed by atoms with van der Waals surface area (Å²) in [6.07, 6.45) is 0. The van der Waals surface area contributed by atoms with Gasteiger partial charge in [-0.05, 0) is 36.4 Å². The molecule has 3 rings (SSSR count). The van der Waals surface area contributed by atoms with E-state index < -0.39 is 15.9 Å². The van der Waals surface area contributed by atoms with E-state index in [9.17, 15) is 13.2 Å². The monoisotopic (exact) mass is 454 g/mol. The predicted octanol–water partition coefficient (Wildman–Crippen LogP) is 3.26. The number of hydrogen-bond acceptors (Lipinski definition) is 8. The van der Waals surface area contributed by atoms with Crippen molar-refractivity contribution in [1.29, 1.82) is 0 Å². The normalized spacial score (nSPS) is 11.0. The summed E-state index contributed by atoms with van der Waals surface area (Å²) < 4.78 is 37.6. The fourth-order valence-electron chi connectivity index (χ4n) is 2.22. The highest BCUT2D eigenvalue weighted by atomic mass is 35.5. The zero-order valence-electron chi connectivity index (χ0n) is 15.2. The molecule has 0 saturated carbocycles. The van der Waals surface area contributed by atoms with Gasteiger partial charge in [-0.2, -0.15) is 8.42 Å². The molecule has 29 heavy (non-hydrogen) atoms. The average molecular weight is 455 g/mol. The van der Waals surface area contributed by atoms with Crippen LogP contribution in [0.2, 0.25) is 5.02 Å². The van der Waals surface area contributed by atoms with Gasteiger partial charge in [-0.1, -0.05) is 22.9 Å². The molecule has 0 spiro atoms. The summed E-state index contributed by atoms with van der Waals surface area (Å²) in [5, 5.41) is 10.4. The van der Waals surface area contributed by atoms with Gasteiger partial charge >= 0.3 is 0 Å². The van der Waals surface area contributed by atoms with Crippen LogP contribution in [0.5, 0.6) is 11.5 Å². The van der Waals surface area contributed by atoms with E-state index >= 15 is 0 Å². The summed E-state index contributed by atoms with van der Waals surface area (Å²) in [4.78, 5) is 12.2. The maximum atomic E-state index is 12.6. The maximum absolute atomic E-state index is 12.6. The summed E-state index contributed by atoms with van der Waals surface area (Å²) in [7, 11) is -1.20. The van der Waals surface area contributed by atoms with Crippen molar-refractivity contribution in [3.8, 4) is 11.5 Å². The minimum atomic E-state index is -4.07. The fourth-order valence-corrected chi connectivity index (χ4v) is 4.31. The predicted molar refractivity (Wildman–Crippen MR) is 110 cm³/mol. The van der Waals surface area contributed by atoms with Crippen molar-refractivity contribution in [2.45, 2.75) is 4.34 Å². The largest absolute Gasteiger partial charge is 0.497 e. The molecule has 0 aliphatic heterocycles. The van der Waals surface area contributed by atoms with E-state index in [0.717, 1.165) is 0 Å². The Kier molecular flexibility index (Phi) is 6.20. The maximum Gasteiger partial charge on any atom is 0.291 e. The second-order valence-electron chi connectivity index (χ2n) is 5.51. The molecule has 0 aliphatic rings. The number of nitrogens with one attached hydrogen (secondary N) is 2. The number of carbonyl (C=O) groups excluding carboxylic acids is 1. The summed E-state index contributed by atoms with van der Waals surface area (Å²) >= 11 is 6.50. The number of hydrogen-bond donors (Lipinski definition) is 2. The van der Waals surface area contributed by atoms with Gasteiger partial charge in [0.1, 0.15) is 11.5 Å². The number of anilines is 2. The van der Waals surface area contributed by atoms with E-state index in [4.69, 9.17) is 21.1 Å². The van der Waals surface area contributed by atoms with Gasteiger partial charge in [-0.25, -0.2) is 0 Å². The molecule has 1 amide bonds. The van der Waals surface area contributed by atoms with Crippen LogP contribution < -0.4 is 19.5 Å². The first-order valence-electron chi connectivity index (χ1n) is 7.97. The number of benzene rings is 2. The number of amides is 1. The minimum absolute atomic E-state index is 0.0305. The van der Waals surface area contributed by atoms with Crippen LogP contribution in [0.4, 0.5) is 10.8 Å². The SMILES string of the molecule is COc1ccc(OC)c(NS(=O)(=O)c2nnc(NC(=O)c3ccc(Cl)cc3)s2)c1. The van der Waals surface area contributed by atoms with E-state index in [1.165, 1.54) is 32.4 Å². The second kappa shape index (κ2) is 8.64. The van der Waals surface area contributed by atoms with Crippen LogP contribution in [-0.4, -0.2) is 38.7 Å². The molecule has 0 radical (unpaired) electrons. The van der Waals surface area contributed by atoms with Crippen molar-refractivity contribution in [1.82, 2.24) is 10.2 Å². The molecular weight excluding hydrogens is 440 g/mol. The number of carbonyl (C=O) groups is 1. The highest BCUT2D eigenvalue weighted by Gasteiger charge is 2.23. The molecule has 0 atom stereocenters. The van der Waals surface area contributed by atoms with Crippen LogP contribution in [0.15, 0.2) is 46.8 Å². The molecule has 0 aliphatic carbocycles. The number of sulfonamides is 1. The van der Waals surface area contributed by atoms with Crippen molar-refractivity contribution in [2.24, 2.45) is 0 Å². The summed E-state index contributed by atoms with van der Waals surface area (Å²) in [5.41, 5.74) is 0.516. The lowest BCUT2D eigenvalue weighted by Gasteiger charge is -2.11. The van der Waals surface area contributed by atoms with Crippen molar-refractivity contribution in [3.63, 3.8) is 0 Å². The number of methoxy groups -OCH3 is 2. The highest BCUT2D eigenvalue weighted by Crippen LogP contribution is 2.31. The molecule has 2 aromatic carbocycles. The molecular formula is C17H15ClN4O5S2. The molecule has 12 heteroatoms. The summed E-state index contributed by atoms with van der Waals surface area (Å²) in [6, 6.07) is 10.9. The first-order chi connectivity index (χ1) is 13.8. The number of rotatable bonds is 7. The van der Waals surface area contributed by atoms with Crippen molar-refractivity contribution in [2.75, 3.05) is 24.3 Å². The van der Waals surface area contributed by atoms with Gasteiger partial charge in [0.15, 0.2) is 0 Å². The standard InChI is InChI=1S/C17H15ClN4O5S2/c1-26-12-7-8-14(27-2)13(9-12)22-29(24,25)17-21-20-16(28-17)19-15(23)10-3-5-11(18)6-4-10/h3-9,22H,1-2H3,(H,19,20,23). The van der Waals surface area contributed by atoms with Crippen LogP contribution in [0.1, 0.15) is 10.4 Å². The molecule has 3 aromatic rings. The smallest absolute Gasteiger partial charge is 0.291 e. The van der Waals surface area contributed by atoms with Gasteiger partial charge in [0, 0.05) is 16.7 Å². The van der Waals surface area contributed by atoms with Crippen LogP contribution in [-0.2, 0) is 10.0 Å². The molecule has 2 N–H and O–H groups in total. The molecule has 0 bridgehead atoms. The average Bonchev–Trinajstić information content (AvgIpc) is 3.17. The Morgan fingerprint density at radius 3 is 2.45 bits per heavy atom. The van der Waals surface area contributed by atoms with Gasteiger partial charge in [-0.15, -0.1) is 10.2 Å². The lowest BCUT2D eigenvalue weighted by Crippen LogP contribution is -2.13. The Balaban J connectivity index is 1.78. The van der Waals surface area contributed by atoms with Gasteiger partial charge in [0.25, 0.3) is 20.3 Å². The van der Waals surface area contributed by atoms with Gasteiger partial charge in [-0.3, -0.25) is 14.8 Å². The lowest BCUT2D eigenvalue weighted by molar-refractivity contribution is 0.102. The highest BCUT2D eigenvalue weighted by molar-refractivity contribution is 7.94. The second-order valence-corrected chi connectivity index (χ2v) is 8.78. The van der Waals surface area contributed by atoms with E-state index in [1.807, 2.05) is 0 Å². The Morgan fingerprint density at radius 2 is 1.79 bits per heavy atom. The molecule has 0 unspecified atom stereocenters. The summed E-state index contributed by atoms with van der Waals surface area (Å²) in [6.45, 7) is 0. The number of aromatic nitrogens is 2. The Labute approximate surface area is 175 Å². The van der Waals surface area contributed by atoms with Crippen LogP contribution in [0.25, 0.3) is 0 Å². The van der Waals surface area contributed by atoms with Crippen molar-refractivity contribution >= 4 is 49.7 Å². The van der Waals surface area contributed by atoms with E-state index in [-0.39, 0.29) is 15.2 Å². The van der Waals surface area contributed by atoms with Crippen LogP contribution >= 0.6 is 22.9 Å². The van der Waals surface area contributed by atoms with Crippen molar-refractivity contribution in [3.05, 3.63) is 53.1 Å². The number of ether oxygens (including phenoxy) is 2. The van der Waals surface area contributed by atoms with Crippen LogP contribution in [0, 0.1) is 0 Å². The minimum Gasteiger partial charge on any atom is -0.497 e. The summed E-state index contributed by atoms with van der Waals surface area (Å²) in [5.74, 6) is 0.274. The first kappa shape index (κ1) is 20.8. The molecule has 152 valence electrons. The molecule has 1 heterocycles. The molecule has 0 saturated heterocycles. The Hall–Kier alpha value is -2.89. The molecule has 9 nitrogen and oxygen atoms in total. The van der Waals surface area contributed by atoms with Gasteiger partial charge in [0.05, 0.1) is 19.9 Å². The molecule has 1 aromatic heterocycles. The first-order valence-corrected chi connectivity index (χ1v) is 10.7. The fraction of sp³-hybridized carbons (Fsp3) is 0.118. The zero-order chi connectivity index (χ0) is 21.0. The molecule has 0 fully saturated rings. The Bertz CT molecular complexity index is 1130. The van der Waals surface area contributed by atoms with E-state index in [1.54, 1.807) is 24.3 Å². The van der Waals surface area contributed by atoms with Crippen molar-refractivity contribution < 1.29 is 22.7 Å². The zero-order valence-corrected chi connectivity index (χ0v) is 17.6. The third-order valence-corrected chi connectivity index (χ3v) is 6.44. The lowest BCUT2D eigenvalue weighted by atomic mass is 10.2. The van der Waals surface area contributed by atoms with E-state index in [0.29, 0.717) is 33.4 Å². The quantitative estimate of drug-likeness (QED) is 0.525. The third-order valence-electron chi connectivity index (χ3n) is 3.61. The van der Waals surface area contributed by atoms with Gasteiger partial charge in [0.2, 0.25) is 5.13 Å². The number of halogens is 1. The third kappa shape index (κ3) is 4.94. The van der Waals surface area contributed by atoms with Crippen LogP contribution in [0.3, 0.4) is 0 Å². The van der Waals surface area contributed by atoms with Gasteiger partial charge < -0.3 is 9.47 Å². The number of nitrogens with zero attached hydrogens (tertiary/aromatic N) is 2. The topological polar surface area (TPSA) is 120 Å². The van der Waals surface area contributed by atoms with E-state index in [2.05, 4.69) is 20.2 Å².